The molecule has 0 heterocycles. The van der Waals surface area contributed by atoms with E-state index in [9.17, 15) is 0 Å². The van der Waals surface area contributed by atoms with Crippen LogP contribution in [0.25, 0.3) is 0 Å². The molecule has 0 atom stereocenters. The first-order valence-corrected chi connectivity index (χ1v) is 9.80. The largest absolute Gasteiger partial charge is 0.0651 e. The normalized spacial score (nSPS) is 11.2. The Kier molecular flexibility index (Phi) is 8.83. The molecule has 1 rings (SSSR count). The molecule has 0 aliphatic carbocycles. The average molecular weight is 303 g/mol. The molecular weight excluding hydrogens is 264 g/mol. The molecule has 0 radical (unpaired) electrons. The van der Waals surface area contributed by atoms with Crippen LogP contribution in [-0.4, -0.2) is 0 Å². The molecule has 1 aromatic carbocycles. The van der Waals surface area contributed by atoms with Gasteiger partial charge in [0.2, 0.25) is 0 Å². The van der Waals surface area contributed by atoms with E-state index in [4.69, 9.17) is 0 Å². The summed E-state index contributed by atoms with van der Waals surface area (Å²) in [5.74, 6) is 0. The molecule has 1 aromatic rings. The highest BCUT2D eigenvalue weighted by Crippen LogP contribution is 2.33. The Morgan fingerprint density at radius 1 is 0.409 bits per heavy atom. The van der Waals surface area contributed by atoms with Crippen molar-refractivity contribution >= 4 is 0 Å². The molecule has 0 aliphatic rings. The molecule has 0 unspecified atom stereocenters. The van der Waals surface area contributed by atoms with Gasteiger partial charge in [-0.05, 0) is 72.4 Å². The van der Waals surface area contributed by atoms with E-state index in [1.807, 2.05) is 0 Å². The van der Waals surface area contributed by atoms with Gasteiger partial charge in [0.1, 0.15) is 0 Å². The SMILES string of the molecule is CCCc1c(C)c(CCC)c(CCC)c(CCC)c1CCC. The number of hydrogen-bond acceptors (Lipinski definition) is 0. The summed E-state index contributed by atoms with van der Waals surface area (Å²) < 4.78 is 0. The van der Waals surface area contributed by atoms with Crippen molar-refractivity contribution in [2.24, 2.45) is 0 Å². The lowest BCUT2D eigenvalue weighted by Gasteiger charge is -2.25. The van der Waals surface area contributed by atoms with Crippen LogP contribution in [0, 0.1) is 6.92 Å². The summed E-state index contributed by atoms with van der Waals surface area (Å²) in [6.07, 6.45) is 12.7. The average Bonchev–Trinajstić information content (AvgIpc) is 2.51. The highest BCUT2D eigenvalue weighted by Gasteiger charge is 2.19. The third-order valence-electron chi connectivity index (χ3n) is 4.86. The first-order chi connectivity index (χ1) is 10.7. The van der Waals surface area contributed by atoms with Gasteiger partial charge < -0.3 is 0 Å². The van der Waals surface area contributed by atoms with Gasteiger partial charge in [0, 0.05) is 0 Å². The van der Waals surface area contributed by atoms with Gasteiger partial charge in [-0.2, -0.15) is 0 Å². The van der Waals surface area contributed by atoms with E-state index in [-0.39, 0.29) is 0 Å². The zero-order valence-electron chi connectivity index (χ0n) is 16.1. The van der Waals surface area contributed by atoms with Gasteiger partial charge in [-0.15, -0.1) is 0 Å². The summed E-state index contributed by atoms with van der Waals surface area (Å²) in [4.78, 5) is 0. The van der Waals surface area contributed by atoms with Gasteiger partial charge in [0.15, 0.2) is 0 Å². The summed E-state index contributed by atoms with van der Waals surface area (Å²) in [5.41, 5.74) is 10.2. The van der Waals surface area contributed by atoms with Crippen LogP contribution in [0.15, 0.2) is 0 Å². The van der Waals surface area contributed by atoms with Gasteiger partial charge in [-0.3, -0.25) is 0 Å². The van der Waals surface area contributed by atoms with E-state index in [1.165, 1.54) is 64.2 Å². The Morgan fingerprint density at radius 3 is 0.909 bits per heavy atom. The van der Waals surface area contributed by atoms with E-state index in [0.29, 0.717) is 0 Å². The zero-order chi connectivity index (χ0) is 16.5. The maximum Gasteiger partial charge on any atom is -0.0276 e. The zero-order valence-corrected chi connectivity index (χ0v) is 16.1. The first kappa shape index (κ1) is 19.3. The second kappa shape index (κ2) is 10.1. The highest BCUT2D eigenvalue weighted by atomic mass is 14.2. The quantitative estimate of drug-likeness (QED) is 0.448. The molecule has 0 saturated carbocycles. The van der Waals surface area contributed by atoms with E-state index in [2.05, 4.69) is 41.5 Å². The monoisotopic (exact) mass is 302 g/mol. The third-order valence-corrected chi connectivity index (χ3v) is 4.86. The molecule has 0 aromatic heterocycles. The fourth-order valence-electron chi connectivity index (χ4n) is 4.01. The molecule has 0 spiro atoms. The van der Waals surface area contributed by atoms with Crippen molar-refractivity contribution in [3.05, 3.63) is 33.4 Å². The topological polar surface area (TPSA) is 0 Å². The van der Waals surface area contributed by atoms with Crippen molar-refractivity contribution in [1.29, 1.82) is 0 Å². The summed E-state index contributed by atoms with van der Waals surface area (Å²) in [7, 11) is 0. The molecular formula is C22H38. The Hall–Kier alpha value is -0.780. The summed E-state index contributed by atoms with van der Waals surface area (Å²) in [6, 6.07) is 0. The van der Waals surface area contributed by atoms with Gasteiger partial charge in [-0.1, -0.05) is 66.7 Å². The number of rotatable bonds is 10. The molecule has 0 saturated heterocycles. The Bertz CT molecular complexity index is 417. The van der Waals surface area contributed by atoms with Crippen LogP contribution in [0.2, 0.25) is 0 Å². The summed E-state index contributed by atoms with van der Waals surface area (Å²) >= 11 is 0. The molecule has 126 valence electrons. The standard InChI is InChI=1S/C22H38/c1-7-12-18-17(6)19(13-8-2)21(15-10-4)22(16-11-5)20(18)14-9-3/h7-16H2,1-6H3. The van der Waals surface area contributed by atoms with E-state index in [0.717, 1.165) is 0 Å². The lowest BCUT2D eigenvalue weighted by Crippen LogP contribution is -2.12. The van der Waals surface area contributed by atoms with Crippen LogP contribution >= 0.6 is 0 Å². The lowest BCUT2D eigenvalue weighted by molar-refractivity contribution is 0.772. The van der Waals surface area contributed by atoms with Crippen molar-refractivity contribution < 1.29 is 0 Å². The van der Waals surface area contributed by atoms with Crippen molar-refractivity contribution in [3.63, 3.8) is 0 Å². The van der Waals surface area contributed by atoms with Crippen LogP contribution in [0.5, 0.6) is 0 Å². The molecule has 0 heteroatoms. The summed E-state index contributed by atoms with van der Waals surface area (Å²) in [5, 5.41) is 0. The van der Waals surface area contributed by atoms with Gasteiger partial charge in [0.25, 0.3) is 0 Å². The maximum absolute atomic E-state index is 2.41. The van der Waals surface area contributed by atoms with Gasteiger partial charge in [0.05, 0.1) is 0 Å². The predicted octanol–water partition coefficient (Wildman–Crippen LogP) is 6.76. The van der Waals surface area contributed by atoms with Crippen molar-refractivity contribution in [3.8, 4) is 0 Å². The minimum atomic E-state index is 1.26. The Morgan fingerprint density at radius 2 is 0.636 bits per heavy atom. The van der Waals surface area contributed by atoms with Crippen molar-refractivity contribution in [2.75, 3.05) is 0 Å². The number of hydrogen-bond donors (Lipinski definition) is 0. The third kappa shape index (κ3) is 4.37. The molecule has 0 amide bonds. The van der Waals surface area contributed by atoms with Crippen LogP contribution in [0.1, 0.15) is 100 Å². The van der Waals surface area contributed by atoms with E-state index >= 15 is 0 Å². The fraction of sp³-hybridized carbons (Fsp3) is 0.727. The lowest BCUT2D eigenvalue weighted by atomic mass is 9.80. The summed E-state index contributed by atoms with van der Waals surface area (Å²) in [6.45, 7) is 14.1. The maximum atomic E-state index is 2.41. The molecule has 22 heavy (non-hydrogen) atoms. The fourth-order valence-corrected chi connectivity index (χ4v) is 4.01. The van der Waals surface area contributed by atoms with Crippen molar-refractivity contribution in [2.45, 2.75) is 106 Å². The highest BCUT2D eigenvalue weighted by molar-refractivity contribution is 5.52. The minimum absolute atomic E-state index is 1.26. The van der Waals surface area contributed by atoms with E-state index < -0.39 is 0 Å². The molecule has 0 fully saturated rings. The van der Waals surface area contributed by atoms with Crippen LogP contribution in [0.3, 0.4) is 0 Å². The Balaban J connectivity index is 3.62. The van der Waals surface area contributed by atoms with Crippen LogP contribution in [0.4, 0.5) is 0 Å². The van der Waals surface area contributed by atoms with E-state index in [1.54, 1.807) is 33.4 Å². The molecule has 0 aliphatic heterocycles. The van der Waals surface area contributed by atoms with Crippen molar-refractivity contribution in [1.82, 2.24) is 0 Å². The molecule has 0 nitrogen and oxygen atoms in total. The van der Waals surface area contributed by atoms with Gasteiger partial charge in [-0.25, -0.2) is 0 Å². The number of benzene rings is 1. The first-order valence-electron chi connectivity index (χ1n) is 9.80. The smallest absolute Gasteiger partial charge is 0.0276 e. The Labute approximate surface area is 139 Å². The van der Waals surface area contributed by atoms with Crippen LogP contribution < -0.4 is 0 Å². The van der Waals surface area contributed by atoms with Gasteiger partial charge >= 0.3 is 0 Å². The predicted molar refractivity (Wildman–Crippen MR) is 101 cm³/mol. The van der Waals surface area contributed by atoms with Crippen LogP contribution in [-0.2, 0) is 32.1 Å². The molecule has 0 bridgehead atoms. The molecule has 0 N–H and O–H groups in total. The minimum Gasteiger partial charge on any atom is -0.0651 e. The second-order valence-corrected chi connectivity index (χ2v) is 6.77. The second-order valence-electron chi connectivity index (χ2n) is 6.77.